The van der Waals surface area contributed by atoms with Crippen molar-refractivity contribution < 1.29 is 18.3 Å². The highest BCUT2D eigenvalue weighted by atomic mass is 19.2. The minimum atomic E-state index is -1.13. The highest BCUT2D eigenvalue weighted by molar-refractivity contribution is 5.94. The van der Waals surface area contributed by atoms with Crippen LogP contribution in [0, 0.1) is 11.6 Å². The molecule has 0 heterocycles. The summed E-state index contributed by atoms with van der Waals surface area (Å²) in [5.41, 5.74) is 0.723. The normalized spacial score (nSPS) is 10.2. The second-order valence-electron chi connectivity index (χ2n) is 4.46. The molecule has 0 spiro atoms. The third-order valence-corrected chi connectivity index (χ3v) is 3.05. The number of ether oxygens (including phenoxy) is 1. The van der Waals surface area contributed by atoms with Crippen LogP contribution in [0.15, 0.2) is 42.5 Å². The van der Waals surface area contributed by atoms with Crippen molar-refractivity contribution in [3.05, 3.63) is 65.2 Å². The Labute approximate surface area is 121 Å². The van der Waals surface area contributed by atoms with E-state index in [4.69, 9.17) is 4.74 Å². The number of benzene rings is 2. The fourth-order valence-corrected chi connectivity index (χ4v) is 1.89. The van der Waals surface area contributed by atoms with E-state index in [-0.39, 0.29) is 5.56 Å². The van der Waals surface area contributed by atoms with Gasteiger partial charge < -0.3 is 10.1 Å². The van der Waals surface area contributed by atoms with Gasteiger partial charge in [-0.05, 0) is 36.2 Å². The standard InChI is InChI=1S/C16H15F2NO2/c1-21-12-7-5-11(6-8-12)9-10-19-16(20)13-3-2-4-14(17)15(13)18/h2-8H,9-10H2,1H3,(H,19,20). The predicted molar refractivity (Wildman–Crippen MR) is 75.4 cm³/mol. The molecule has 0 aliphatic heterocycles. The van der Waals surface area contributed by atoms with Gasteiger partial charge in [-0.1, -0.05) is 18.2 Å². The van der Waals surface area contributed by atoms with E-state index in [1.54, 1.807) is 7.11 Å². The molecule has 0 saturated carbocycles. The minimum Gasteiger partial charge on any atom is -0.497 e. The predicted octanol–water partition coefficient (Wildman–Crippen LogP) is 2.95. The summed E-state index contributed by atoms with van der Waals surface area (Å²) in [6.07, 6.45) is 0.590. The summed E-state index contributed by atoms with van der Waals surface area (Å²) in [5, 5.41) is 2.57. The maximum absolute atomic E-state index is 13.4. The highest BCUT2D eigenvalue weighted by Gasteiger charge is 2.14. The minimum absolute atomic E-state index is 0.287. The van der Waals surface area contributed by atoms with Gasteiger partial charge >= 0.3 is 0 Å². The van der Waals surface area contributed by atoms with Crippen LogP contribution in [0.5, 0.6) is 5.75 Å². The average molecular weight is 291 g/mol. The first kappa shape index (κ1) is 15.0. The second-order valence-corrected chi connectivity index (χ2v) is 4.46. The quantitative estimate of drug-likeness (QED) is 0.920. The molecule has 2 rings (SSSR count). The Kier molecular flexibility index (Phi) is 4.87. The topological polar surface area (TPSA) is 38.3 Å². The molecular formula is C16H15F2NO2. The first-order valence-electron chi connectivity index (χ1n) is 6.47. The van der Waals surface area contributed by atoms with Crippen LogP contribution in [-0.2, 0) is 6.42 Å². The lowest BCUT2D eigenvalue weighted by Gasteiger charge is -2.07. The van der Waals surface area contributed by atoms with Crippen LogP contribution in [-0.4, -0.2) is 19.6 Å². The molecule has 21 heavy (non-hydrogen) atoms. The summed E-state index contributed by atoms with van der Waals surface area (Å²) in [4.78, 5) is 11.8. The number of hydrogen-bond donors (Lipinski definition) is 1. The first-order valence-corrected chi connectivity index (χ1v) is 6.47. The zero-order valence-corrected chi connectivity index (χ0v) is 11.5. The van der Waals surface area contributed by atoms with Crippen molar-refractivity contribution in [3.8, 4) is 5.75 Å². The van der Waals surface area contributed by atoms with Crippen LogP contribution in [0.2, 0.25) is 0 Å². The van der Waals surface area contributed by atoms with Crippen LogP contribution in [0.25, 0.3) is 0 Å². The largest absolute Gasteiger partial charge is 0.497 e. The zero-order chi connectivity index (χ0) is 15.2. The Morgan fingerprint density at radius 1 is 1.14 bits per heavy atom. The van der Waals surface area contributed by atoms with Crippen molar-refractivity contribution in [2.75, 3.05) is 13.7 Å². The average Bonchev–Trinajstić information content (AvgIpc) is 2.50. The summed E-state index contributed by atoms with van der Waals surface area (Å²) in [6, 6.07) is 10.9. The molecule has 2 aromatic carbocycles. The molecule has 0 aliphatic rings. The zero-order valence-electron chi connectivity index (χ0n) is 11.5. The molecule has 0 saturated heterocycles. The maximum atomic E-state index is 13.4. The van der Waals surface area contributed by atoms with E-state index in [0.717, 1.165) is 17.4 Å². The Morgan fingerprint density at radius 2 is 1.86 bits per heavy atom. The molecular weight excluding hydrogens is 276 g/mol. The van der Waals surface area contributed by atoms with E-state index >= 15 is 0 Å². The van der Waals surface area contributed by atoms with Gasteiger partial charge in [-0.2, -0.15) is 0 Å². The Bertz CT molecular complexity index is 627. The molecule has 1 amide bonds. The van der Waals surface area contributed by atoms with E-state index in [9.17, 15) is 13.6 Å². The van der Waals surface area contributed by atoms with Crippen molar-refractivity contribution in [2.45, 2.75) is 6.42 Å². The van der Waals surface area contributed by atoms with Crippen LogP contribution in [0.1, 0.15) is 15.9 Å². The third-order valence-electron chi connectivity index (χ3n) is 3.05. The molecule has 0 atom stereocenters. The first-order chi connectivity index (χ1) is 10.1. The van der Waals surface area contributed by atoms with E-state index in [0.29, 0.717) is 13.0 Å². The summed E-state index contributed by atoms with van der Waals surface area (Å²) >= 11 is 0. The number of halogens is 2. The molecule has 5 heteroatoms. The lowest BCUT2D eigenvalue weighted by atomic mass is 10.1. The number of methoxy groups -OCH3 is 1. The fraction of sp³-hybridized carbons (Fsp3) is 0.188. The van der Waals surface area contributed by atoms with Crippen molar-refractivity contribution in [2.24, 2.45) is 0 Å². The number of hydrogen-bond acceptors (Lipinski definition) is 2. The van der Waals surface area contributed by atoms with E-state index in [1.165, 1.54) is 12.1 Å². The van der Waals surface area contributed by atoms with Crippen molar-refractivity contribution >= 4 is 5.91 Å². The lowest BCUT2D eigenvalue weighted by molar-refractivity contribution is 0.0949. The molecule has 0 aromatic heterocycles. The van der Waals surface area contributed by atoms with Crippen molar-refractivity contribution in [1.82, 2.24) is 5.32 Å². The molecule has 1 N–H and O–H groups in total. The molecule has 0 bridgehead atoms. The SMILES string of the molecule is COc1ccc(CCNC(=O)c2cccc(F)c2F)cc1. The lowest BCUT2D eigenvalue weighted by Crippen LogP contribution is -2.26. The van der Waals surface area contributed by atoms with Crippen LogP contribution in [0.3, 0.4) is 0 Å². The number of carbonyl (C=O) groups excluding carboxylic acids is 1. The molecule has 0 unspecified atom stereocenters. The number of carbonyl (C=O) groups is 1. The number of amides is 1. The second kappa shape index (κ2) is 6.83. The molecule has 0 fully saturated rings. The monoisotopic (exact) mass is 291 g/mol. The van der Waals surface area contributed by atoms with Gasteiger partial charge in [-0.3, -0.25) is 4.79 Å². The van der Waals surface area contributed by atoms with Crippen LogP contribution >= 0.6 is 0 Å². The number of rotatable bonds is 5. The molecule has 3 nitrogen and oxygen atoms in total. The Balaban J connectivity index is 1.90. The van der Waals surface area contributed by atoms with Gasteiger partial charge in [-0.15, -0.1) is 0 Å². The molecule has 2 aromatic rings. The number of nitrogens with one attached hydrogen (secondary N) is 1. The van der Waals surface area contributed by atoms with Gasteiger partial charge in [0, 0.05) is 6.54 Å². The highest BCUT2D eigenvalue weighted by Crippen LogP contribution is 2.12. The maximum Gasteiger partial charge on any atom is 0.254 e. The van der Waals surface area contributed by atoms with Crippen LogP contribution in [0.4, 0.5) is 8.78 Å². The summed E-state index contributed by atoms with van der Waals surface area (Å²) in [7, 11) is 1.59. The van der Waals surface area contributed by atoms with Gasteiger partial charge in [-0.25, -0.2) is 8.78 Å². The Hall–Kier alpha value is -2.43. The summed E-state index contributed by atoms with van der Waals surface area (Å²) < 4.78 is 31.5. The van der Waals surface area contributed by atoms with E-state index in [1.807, 2.05) is 24.3 Å². The van der Waals surface area contributed by atoms with Gasteiger partial charge in [0.15, 0.2) is 11.6 Å². The van der Waals surface area contributed by atoms with Gasteiger partial charge in [0.1, 0.15) is 5.75 Å². The van der Waals surface area contributed by atoms with Gasteiger partial charge in [0.25, 0.3) is 5.91 Å². The van der Waals surface area contributed by atoms with Crippen LogP contribution < -0.4 is 10.1 Å². The summed E-state index contributed by atoms with van der Waals surface area (Å²) in [5.74, 6) is -2.03. The fourth-order valence-electron chi connectivity index (χ4n) is 1.89. The molecule has 0 radical (unpaired) electrons. The summed E-state index contributed by atoms with van der Waals surface area (Å²) in [6.45, 7) is 0.334. The van der Waals surface area contributed by atoms with Gasteiger partial charge in [0.2, 0.25) is 0 Å². The van der Waals surface area contributed by atoms with E-state index in [2.05, 4.69) is 5.32 Å². The smallest absolute Gasteiger partial charge is 0.254 e. The van der Waals surface area contributed by atoms with Crippen molar-refractivity contribution in [1.29, 1.82) is 0 Å². The van der Waals surface area contributed by atoms with Crippen molar-refractivity contribution in [3.63, 3.8) is 0 Å². The van der Waals surface area contributed by atoms with E-state index < -0.39 is 17.5 Å². The molecule has 0 aliphatic carbocycles. The Morgan fingerprint density at radius 3 is 2.52 bits per heavy atom. The van der Waals surface area contributed by atoms with Gasteiger partial charge in [0.05, 0.1) is 12.7 Å². The third kappa shape index (κ3) is 3.78. The molecule has 110 valence electrons.